The van der Waals surface area contributed by atoms with Crippen molar-refractivity contribution < 1.29 is 22.7 Å². The second-order valence-electron chi connectivity index (χ2n) is 7.96. The number of methoxy groups -OCH3 is 1. The van der Waals surface area contributed by atoms with Gasteiger partial charge in [-0.1, -0.05) is 12.1 Å². The Kier molecular flexibility index (Phi) is 6.23. The molecule has 0 saturated heterocycles. The van der Waals surface area contributed by atoms with Crippen molar-refractivity contribution in [2.24, 2.45) is 0 Å². The van der Waals surface area contributed by atoms with Crippen LogP contribution in [0.25, 0.3) is 22.3 Å². The molecule has 176 valence electrons. The van der Waals surface area contributed by atoms with Crippen molar-refractivity contribution in [1.29, 1.82) is 0 Å². The Bertz CT molecular complexity index is 1300. The molecular formula is C24H22F3N5O2. The van der Waals surface area contributed by atoms with Crippen molar-refractivity contribution in [3.63, 3.8) is 0 Å². The zero-order valence-corrected chi connectivity index (χ0v) is 18.7. The molecule has 0 fully saturated rings. The molecule has 0 aliphatic carbocycles. The summed E-state index contributed by atoms with van der Waals surface area (Å²) in [6.45, 7) is 2.20. The summed E-state index contributed by atoms with van der Waals surface area (Å²) in [7, 11) is 1.54. The smallest absolute Gasteiger partial charge is 0.321 e. The van der Waals surface area contributed by atoms with Crippen LogP contribution in [0.5, 0.6) is 5.75 Å². The van der Waals surface area contributed by atoms with E-state index in [2.05, 4.69) is 20.4 Å². The number of ether oxygens (including phenoxy) is 1. The van der Waals surface area contributed by atoms with Crippen LogP contribution < -0.4 is 10.1 Å². The molecule has 0 spiro atoms. The van der Waals surface area contributed by atoms with Crippen molar-refractivity contribution in [3.8, 4) is 17.1 Å². The van der Waals surface area contributed by atoms with Gasteiger partial charge in [-0.3, -0.25) is 9.48 Å². The lowest BCUT2D eigenvalue weighted by molar-refractivity contribution is -0.143. The highest BCUT2D eigenvalue weighted by atomic mass is 19.3. The molecule has 0 saturated carbocycles. The highest BCUT2D eigenvalue weighted by Crippen LogP contribution is 2.30. The number of rotatable bonds is 7. The van der Waals surface area contributed by atoms with Gasteiger partial charge in [-0.15, -0.1) is 0 Å². The number of alkyl halides is 2. The molecule has 0 bridgehead atoms. The number of halogens is 3. The van der Waals surface area contributed by atoms with Crippen LogP contribution in [0.2, 0.25) is 0 Å². The Balaban J connectivity index is 1.76. The molecular weight excluding hydrogens is 447 g/mol. The van der Waals surface area contributed by atoms with Gasteiger partial charge in [-0.25, -0.2) is 14.4 Å². The number of carbonyl (C=O) groups excluding carboxylic acids is 1. The fourth-order valence-electron chi connectivity index (χ4n) is 3.73. The highest BCUT2D eigenvalue weighted by molar-refractivity contribution is 5.84. The number of carbonyl (C=O) groups is 1. The third-order valence-electron chi connectivity index (χ3n) is 5.43. The second kappa shape index (κ2) is 9.12. The zero-order chi connectivity index (χ0) is 24.5. The highest BCUT2D eigenvalue weighted by Gasteiger charge is 2.35. The van der Waals surface area contributed by atoms with Crippen molar-refractivity contribution in [1.82, 2.24) is 25.1 Å². The number of nitrogens with one attached hydrogen (secondary N) is 1. The van der Waals surface area contributed by atoms with Crippen LogP contribution in [0, 0.1) is 5.82 Å². The van der Waals surface area contributed by atoms with E-state index in [4.69, 9.17) is 4.74 Å². The minimum absolute atomic E-state index is 0.355. The molecule has 0 radical (unpaired) electrons. The lowest BCUT2D eigenvalue weighted by Crippen LogP contribution is -2.46. The summed E-state index contributed by atoms with van der Waals surface area (Å²) < 4.78 is 47.2. The third-order valence-corrected chi connectivity index (χ3v) is 5.43. The van der Waals surface area contributed by atoms with Gasteiger partial charge >= 0.3 is 5.92 Å². The van der Waals surface area contributed by atoms with Crippen LogP contribution >= 0.6 is 0 Å². The van der Waals surface area contributed by atoms with Gasteiger partial charge in [0.05, 0.1) is 43.3 Å². The van der Waals surface area contributed by atoms with Gasteiger partial charge < -0.3 is 10.1 Å². The Morgan fingerprint density at radius 1 is 1.09 bits per heavy atom. The van der Waals surface area contributed by atoms with E-state index in [0.717, 1.165) is 23.3 Å². The lowest BCUT2D eigenvalue weighted by atomic mass is 9.99. The Labute approximate surface area is 193 Å². The Morgan fingerprint density at radius 2 is 1.76 bits per heavy atom. The molecule has 10 heteroatoms. The maximum Gasteiger partial charge on any atom is 0.321 e. The summed E-state index contributed by atoms with van der Waals surface area (Å²) >= 11 is 0. The maximum absolute atomic E-state index is 13.6. The zero-order valence-electron chi connectivity index (χ0n) is 18.7. The van der Waals surface area contributed by atoms with E-state index in [1.807, 2.05) is 0 Å². The van der Waals surface area contributed by atoms with Crippen molar-refractivity contribution in [2.45, 2.75) is 31.9 Å². The average molecular weight is 469 g/mol. The number of nitrogens with zero attached hydrogens (tertiary/aromatic N) is 4. The molecule has 34 heavy (non-hydrogen) atoms. The summed E-state index contributed by atoms with van der Waals surface area (Å²) in [5.41, 5.74) is 2.11. The number of hydrogen-bond acceptors (Lipinski definition) is 5. The maximum atomic E-state index is 13.6. The monoisotopic (exact) mass is 469 g/mol. The van der Waals surface area contributed by atoms with Crippen LogP contribution in [-0.4, -0.2) is 44.7 Å². The van der Waals surface area contributed by atoms with E-state index in [9.17, 15) is 18.0 Å². The van der Waals surface area contributed by atoms with E-state index in [0.29, 0.717) is 29.6 Å². The Hall–Kier alpha value is -3.95. The van der Waals surface area contributed by atoms with Crippen molar-refractivity contribution in [2.75, 3.05) is 7.11 Å². The minimum atomic E-state index is -3.52. The summed E-state index contributed by atoms with van der Waals surface area (Å²) in [6, 6.07) is 11.1. The van der Waals surface area contributed by atoms with Crippen LogP contribution in [-0.2, 0) is 4.79 Å². The van der Waals surface area contributed by atoms with Crippen molar-refractivity contribution in [3.05, 3.63) is 72.4 Å². The van der Waals surface area contributed by atoms with Crippen molar-refractivity contribution >= 4 is 16.8 Å². The molecule has 2 atom stereocenters. The quantitative estimate of drug-likeness (QED) is 0.434. The first-order valence-electron chi connectivity index (χ1n) is 10.5. The molecule has 0 aliphatic heterocycles. The summed E-state index contributed by atoms with van der Waals surface area (Å²) in [5, 5.41) is 7.64. The average Bonchev–Trinajstić information content (AvgIpc) is 3.22. The number of amides is 1. The molecule has 1 amide bonds. The summed E-state index contributed by atoms with van der Waals surface area (Å²) in [4.78, 5) is 20.0. The fourth-order valence-corrected chi connectivity index (χ4v) is 3.73. The summed E-state index contributed by atoms with van der Waals surface area (Å²) in [6.07, 6.45) is 3.80. The molecule has 0 unspecified atom stereocenters. The number of fused-ring (bicyclic) bond motifs is 1. The van der Waals surface area contributed by atoms with Crippen LogP contribution in [0.3, 0.4) is 0 Å². The number of benzene rings is 2. The largest absolute Gasteiger partial charge is 0.497 e. The summed E-state index contributed by atoms with van der Waals surface area (Å²) in [5.74, 6) is -4.43. The molecule has 4 rings (SSSR count). The topological polar surface area (TPSA) is 81.9 Å². The molecule has 2 aromatic heterocycles. The SMILES string of the molecule is COc1ccc([C@@H]([C@H](C)NC(=O)C(C)(F)F)n2ncc3cc(-c4ncc(F)cn4)ccc32)cc1. The van der Waals surface area contributed by atoms with E-state index in [1.165, 1.54) is 0 Å². The molecule has 2 heterocycles. The predicted molar refractivity (Wildman–Crippen MR) is 120 cm³/mol. The predicted octanol–water partition coefficient (Wildman–Crippen LogP) is 4.39. The molecule has 1 N–H and O–H groups in total. The first-order chi connectivity index (χ1) is 16.2. The van der Waals surface area contributed by atoms with Crippen LogP contribution in [0.15, 0.2) is 61.1 Å². The van der Waals surface area contributed by atoms with Crippen LogP contribution in [0.1, 0.15) is 25.5 Å². The molecule has 4 aromatic rings. The lowest BCUT2D eigenvalue weighted by Gasteiger charge is -2.27. The van der Waals surface area contributed by atoms with E-state index in [-0.39, 0.29) is 0 Å². The standard InChI is InChI=1S/C24H22F3N5O2/c1-14(31-23(33)24(2,26)27)21(15-4-7-19(34-3)8-5-15)32-20-9-6-16(10-17(20)11-30-32)22-28-12-18(25)13-29-22/h4-14,21H,1-3H3,(H,31,33)/t14-,21+/m0/s1. The van der Waals surface area contributed by atoms with Crippen LogP contribution in [0.4, 0.5) is 13.2 Å². The van der Waals surface area contributed by atoms with Gasteiger partial charge in [0, 0.05) is 17.9 Å². The number of aromatic nitrogens is 4. The van der Waals surface area contributed by atoms with E-state index >= 15 is 0 Å². The fraction of sp³-hybridized carbons (Fsp3) is 0.250. The normalized spacial score (nSPS) is 13.5. The van der Waals surface area contributed by atoms with Gasteiger partial charge in [0.25, 0.3) is 5.91 Å². The number of hydrogen-bond donors (Lipinski definition) is 1. The molecule has 7 nitrogen and oxygen atoms in total. The van der Waals surface area contributed by atoms with Gasteiger partial charge in [0.1, 0.15) is 5.75 Å². The third kappa shape index (κ3) is 4.70. The first-order valence-corrected chi connectivity index (χ1v) is 10.5. The van der Waals surface area contributed by atoms with Gasteiger partial charge in [0.15, 0.2) is 11.6 Å². The first kappa shape index (κ1) is 23.2. The van der Waals surface area contributed by atoms with Gasteiger partial charge in [-0.2, -0.15) is 13.9 Å². The molecule has 2 aromatic carbocycles. The Morgan fingerprint density at radius 3 is 2.38 bits per heavy atom. The minimum Gasteiger partial charge on any atom is -0.497 e. The van der Waals surface area contributed by atoms with E-state index in [1.54, 1.807) is 67.4 Å². The molecule has 0 aliphatic rings. The van der Waals surface area contributed by atoms with Gasteiger partial charge in [-0.05, 0) is 42.8 Å². The second-order valence-corrected chi connectivity index (χ2v) is 7.96. The van der Waals surface area contributed by atoms with Gasteiger partial charge in [0.2, 0.25) is 0 Å². The van der Waals surface area contributed by atoms with E-state index < -0.39 is 29.7 Å².